The molecule has 8 heavy (non-hydrogen) atoms. The zero-order valence-electron chi connectivity index (χ0n) is 6.78. The fourth-order valence-electron chi connectivity index (χ4n) is 0. The first-order valence-corrected chi connectivity index (χ1v) is 0.707. The van der Waals surface area contributed by atoms with E-state index in [0.29, 0.717) is 0 Å². The van der Waals surface area contributed by atoms with Crippen LogP contribution in [0.5, 0.6) is 0 Å². The first-order valence-electron chi connectivity index (χ1n) is 0.707. The molecule has 0 radical (unpaired) electrons. The van der Waals surface area contributed by atoms with Crippen molar-refractivity contribution in [1.29, 1.82) is 0 Å². The summed E-state index contributed by atoms with van der Waals surface area (Å²) < 4.78 is 0. The summed E-state index contributed by atoms with van der Waals surface area (Å²) in [6.07, 6.45) is 0. The van der Waals surface area contributed by atoms with Gasteiger partial charge in [0, 0.05) is 26.2 Å². The minimum absolute atomic E-state index is 0. The molecule has 0 aromatic carbocycles. The maximum Gasteiger partial charge on any atom is 0 e. The van der Waals surface area contributed by atoms with Crippen LogP contribution in [0.25, 0.3) is 6.15 Å². The number of nitrogens with two attached hydrogens (primary N) is 1. The van der Waals surface area contributed by atoms with Gasteiger partial charge in [0.05, 0.1) is 0 Å². The van der Waals surface area contributed by atoms with Crippen LogP contribution < -0.4 is 0 Å². The van der Waals surface area contributed by atoms with Crippen molar-refractivity contribution >= 4 is 0 Å². The smallest absolute Gasteiger partial charge is 0 e. The monoisotopic (exact) mass is 195 g/mol. The second kappa shape index (κ2) is 517. The Morgan fingerprint density at radius 2 is 0.750 bits per heavy atom. The van der Waals surface area contributed by atoms with Crippen molar-refractivity contribution in [2.45, 2.75) is 6.92 Å². The third-order valence-electron chi connectivity index (χ3n) is 0. The van der Waals surface area contributed by atoms with Gasteiger partial charge >= 0.3 is 0 Å². The topological polar surface area (TPSA) is 33.5 Å². The van der Waals surface area contributed by atoms with Gasteiger partial charge in [-0.15, -0.1) is 0 Å². The zero-order valence-corrected chi connectivity index (χ0v) is 9.24. The van der Waals surface area contributed by atoms with E-state index in [4.69, 9.17) is 0 Å². The molecule has 0 heterocycles. The average molecular weight is 196 g/mol. The maximum atomic E-state index is 3.25. The predicted molar refractivity (Wildman–Crippen MR) is 42.0 cm³/mol. The van der Waals surface area contributed by atoms with Gasteiger partial charge < -0.3 is 42.8 Å². The average Bonchev–Trinajstić information content (AvgIpc) is 1.00. The Kier molecular flexibility index (Phi) is 10300. The summed E-state index contributed by atoms with van der Waals surface area (Å²) in [7, 11) is 0. The number of hydrogen-bond donors (Lipinski definition) is 0. The maximum absolute atomic E-state index is 3.25. The molecule has 0 saturated heterocycles. The Labute approximate surface area is 76.0 Å². The molecule has 1 nitrogen and oxygen atoms in total. The van der Waals surface area contributed by atoms with Crippen molar-refractivity contribution in [3.8, 4) is 0 Å². The molecule has 0 unspecified atom stereocenters. The van der Waals surface area contributed by atoms with E-state index in [1.807, 2.05) is 0 Å². The van der Waals surface area contributed by atoms with Crippen LogP contribution in [-0.2, 0) is 26.2 Å². The van der Waals surface area contributed by atoms with E-state index < -0.39 is 0 Å². The van der Waals surface area contributed by atoms with Crippen molar-refractivity contribution in [3.63, 3.8) is 0 Å². The molecule has 0 fully saturated rings. The van der Waals surface area contributed by atoms with Gasteiger partial charge in [-0.3, -0.25) is 0 Å². The van der Waals surface area contributed by atoms with E-state index in [0.717, 1.165) is 0 Å². The van der Waals surface area contributed by atoms with E-state index >= 15 is 0 Å². The first kappa shape index (κ1) is 160. The number of hydrogen-bond acceptors (Lipinski definition) is 0. The minimum Gasteiger partial charge on any atom is -0.693 e. The zero-order chi connectivity index (χ0) is 2.00. The molecule has 58 valence electrons. The van der Waals surface area contributed by atoms with Gasteiger partial charge in [0.15, 0.2) is 0 Å². The van der Waals surface area contributed by atoms with Crippen LogP contribution in [0.1, 0.15) is 6.92 Å². The molecule has 2 N–H and O–H groups in total. The van der Waals surface area contributed by atoms with Crippen LogP contribution in [0, 0.1) is 36.6 Å². The van der Waals surface area contributed by atoms with Crippen molar-refractivity contribution in [1.82, 2.24) is 0 Å². The van der Waals surface area contributed by atoms with Crippen LogP contribution in [0.4, 0.5) is 0 Å². The second-order valence-electron chi connectivity index (χ2n) is 0. The molecule has 0 aliphatic heterocycles. The Hall–Kier alpha value is 0.843. The van der Waals surface area contributed by atoms with Gasteiger partial charge in [-0.2, -0.15) is 6.92 Å². The summed E-state index contributed by atoms with van der Waals surface area (Å²) in [5.74, 6) is 0. The summed E-state index contributed by atoms with van der Waals surface area (Å²) in [4.78, 5) is 0. The molecule has 0 aromatic rings. The molecule has 0 rings (SSSR count). The Balaban J connectivity index is -0.000000000333. The van der Waals surface area contributed by atoms with Crippen LogP contribution in [0.15, 0.2) is 0 Å². The van der Waals surface area contributed by atoms with Gasteiger partial charge in [0.1, 0.15) is 0 Å². The van der Waals surface area contributed by atoms with E-state index in [2.05, 4.69) is 6.92 Å². The van der Waals surface area contributed by atoms with Crippen LogP contribution in [0.2, 0.25) is 0 Å². The van der Waals surface area contributed by atoms with Gasteiger partial charge in [0.2, 0.25) is 0 Å². The van der Waals surface area contributed by atoms with Crippen LogP contribution in [0.3, 0.4) is 0 Å². The van der Waals surface area contributed by atoms with Gasteiger partial charge in [0.25, 0.3) is 0 Å². The summed E-state index contributed by atoms with van der Waals surface area (Å²) in [6.45, 7) is 5.00. The molecule has 0 aromatic heterocycles. The summed E-state index contributed by atoms with van der Waals surface area (Å²) in [5, 5.41) is 0. The molecule has 0 aliphatic rings. The summed E-state index contributed by atoms with van der Waals surface area (Å²) in [5.41, 5.74) is 0. The molecule has 0 atom stereocenters. The SMILES string of the molecule is [CH2-]C.[CH3-].[CH3-].[CH3-].[CH3-].[NH2-].[Zr]. The van der Waals surface area contributed by atoms with Crippen LogP contribution in [-0.4, -0.2) is 0 Å². The molecule has 2 heteroatoms. The normalized spacial score (nSPS) is 0.750. The quantitative estimate of drug-likeness (QED) is 0.533. The standard InChI is InChI=1S/C2H5.4CH3.H2N.Zr/c1-2;;;;;;/h1H2,2H3;4*1H3;1H2;/q6*-1;. The van der Waals surface area contributed by atoms with E-state index in [1.165, 1.54) is 0 Å². The largest absolute Gasteiger partial charge is 0.693 e. The van der Waals surface area contributed by atoms with Crippen molar-refractivity contribution in [2.75, 3.05) is 0 Å². The van der Waals surface area contributed by atoms with E-state index in [-0.39, 0.29) is 62.1 Å². The van der Waals surface area contributed by atoms with E-state index in [1.54, 1.807) is 6.92 Å². The van der Waals surface area contributed by atoms with Gasteiger partial charge in [-0.1, -0.05) is 0 Å². The van der Waals surface area contributed by atoms with Gasteiger partial charge in [-0.05, 0) is 0 Å². The Morgan fingerprint density at radius 3 is 0.750 bits per heavy atom. The van der Waals surface area contributed by atoms with Crippen molar-refractivity contribution in [3.05, 3.63) is 42.8 Å². The molecule has 0 amide bonds. The molecule has 0 saturated carbocycles. The molecular formula is C6H19NZr-6. The molecule has 0 aliphatic carbocycles. The molecular weight excluding hydrogens is 177 g/mol. The summed E-state index contributed by atoms with van der Waals surface area (Å²) >= 11 is 0. The summed E-state index contributed by atoms with van der Waals surface area (Å²) in [6, 6.07) is 0. The Morgan fingerprint density at radius 1 is 0.750 bits per heavy atom. The Bertz CT molecular complexity index is 8.49. The molecule has 0 spiro atoms. The number of rotatable bonds is 0. The minimum atomic E-state index is 0. The van der Waals surface area contributed by atoms with Crippen LogP contribution >= 0.6 is 0 Å². The fraction of sp³-hybridized carbons (Fsp3) is 0.167. The second-order valence-corrected chi connectivity index (χ2v) is 0. The van der Waals surface area contributed by atoms with Gasteiger partial charge in [-0.25, -0.2) is 0 Å². The van der Waals surface area contributed by atoms with Crippen molar-refractivity contribution in [2.24, 2.45) is 0 Å². The predicted octanol–water partition coefficient (Wildman–Crippen LogP) is 3.36. The van der Waals surface area contributed by atoms with Crippen molar-refractivity contribution < 1.29 is 26.2 Å². The fourth-order valence-corrected chi connectivity index (χ4v) is 0. The third kappa shape index (κ3) is 329. The third-order valence-corrected chi connectivity index (χ3v) is 0. The van der Waals surface area contributed by atoms with E-state index in [9.17, 15) is 0 Å². The molecule has 0 bridgehead atoms. The first-order chi connectivity index (χ1) is 1.00.